The van der Waals surface area contributed by atoms with E-state index in [0.717, 1.165) is 12.8 Å². The lowest BCUT2D eigenvalue weighted by Gasteiger charge is -2.11. The number of aliphatic hydroxyl groups excluding tert-OH is 1. The normalized spacial score (nSPS) is 20.5. The summed E-state index contributed by atoms with van der Waals surface area (Å²) in [4.78, 5) is 0.0801. The number of methoxy groups -OCH3 is 1. The number of aliphatic hydroxyl groups is 1. The van der Waals surface area contributed by atoms with Gasteiger partial charge in [-0.1, -0.05) is 25.2 Å². The fourth-order valence-corrected chi connectivity index (χ4v) is 3.72. The van der Waals surface area contributed by atoms with Crippen LogP contribution in [0.15, 0.2) is 23.1 Å². The lowest BCUT2D eigenvalue weighted by atomic mass is 10.2. The monoisotopic (exact) mass is 309 g/mol. The molecule has 6 heteroatoms. The maximum absolute atomic E-state index is 12.5. The third-order valence-corrected chi connectivity index (χ3v) is 5.03. The quantitative estimate of drug-likeness (QED) is 0.799. The summed E-state index contributed by atoms with van der Waals surface area (Å²) in [6, 6.07) is 4.71. The van der Waals surface area contributed by atoms with Gasteiger partial charge in [0, 0.05) is 11.6 Å². The summed E-state index contributed by atoms with van der Waals surface area (Å²) in [5, 5.41) is 8.71. The van der Waals surface area contributed by atoms with E-state index >= 15 is 0 Å². The van der Waals surface area contributed by atoms with Crippen LogP contribution in [0.3, 0.4) is 0 Å². The number of hydrogen-bond donors (Lipinski definition) is 2. The van der Waals surface area contributed by atoms with Crippen molar-refractivity contribution >= 4 is 10.0 Å². The Morgan fingerprint density at radius 1 is 1.48 bits per heavy atom. The summed E-state index contributed by atoms with van der Waals surface area (Å²) in [7, 11) is -2.21. The van der Waals surface area contributed by atoms with Crippen LogP contribution in [0.4, 0.5) is 0 Å². The Hall–Kier alpha value is -1.55. The molecule has 0 bridgehead atoms. The molecule has 1 aliphatic rings. The summed E-state index contributed by atoms with van der Waals surface area (Å²) < 4.78 is 32.8. The van der Waals surface area contributed by atoms with Crippen molar-refractivity contribution in [1.29, 1.82) is 0 Å². The first kappa shape index (κ1) is 15.8. The van der Waals surface area contributed by atoms with Gasteiger partial charge in [0.15, 0.2) is 0 Å². The molecule has 1 aliphatic carbocycles. The molecule has 2 N–H and O–H groups in total. The average Bonchev–Trinajstić information content (AvgIpc) is 3.22. The predicted molar refractivity (Wildman–Crippen MR) is 79.5 cm³/mol. The molecule has 0 heterocycles. The fraction of sp³-hybridized carbons (Fsp3) is 0.467. The number of sulfonamides is 1. The highest BCUT2D eigenvalue weighted by molar-refractivity contribution is 7.89. The second-order valence-electron chi connectivity index (χ2n) is 4.96. The first-order chi connectivity index (χ1) is 10.0. The molecule has 0 radical (unpaired) electrons. The van der Waals surface area contributed by atoms with Crippen LogP contribution in [0.2, 0.25) is 0 Å². The van der Waals surface area contributed by atoms with E-state index in [4.69, 9.17) is 9.84 Å². The minimum atomic E-state index is -3.64. The van der Waals surface area contributed by atoms with Crippen molar-refractivity contribution in [3.63, 3.8) is 0 Å². The Morgan fingerprint density at radius 3 is 2.81 bits per heavy atom. The Balaban J connectivity index is 2.31. The van der Waals surface area contributed by atoms with Crippen molar-refractivity contribution in [1.82, 2.24) is 4.72 Å². The molecule has 1 saturated carbocycles. The summed E-state index contributed by atoms with van der Waals surface area (Å²) in [6.07, 6.45) is 1.84. The van der Waals surface area contributed by atoms with Gasteiger partial charge in [0.2, 0.25) is 10.0 Å². The first-order valence-corrected chi connectivity index (χ1v) is 8.30. The van der Waals surface area contributed by atoms with Crippen LogP contribution in [-0.4, -0.2) is 33.3 Å². The SMILES string of the molecule is CCC1CC1NS(=O)(=O)c1cc(C#CCO)ccc1OC. The minimum absolute atomic E-state index is 0.0110. The van der Waals surface area contributed by atoms with Crippen LogP contribution in [0.5, 0.6) is 5.75 Å². The molecule has 2 rings (SSSR count). The summed E-state index contributed by atoms with van der Waals surface area (Å²) in [5.74, 6) is 5.90. The fourth-order valence-electron chi connectivity index (χ4n) is 2.21. The second kappa shape index (κ2) is 6.48. The molecule has 0 aromatic heterocycles. The molecule has 0 saturated heterocycles. The highest BCUT2D eigenvalue weighted by Gasteiger charge is 2.39. The van der Waals surface area contributed by atoms with Crippen molar-refractivity contribution in [2.75, 3.05) is 13.7 Å². The van der Waals surface area contributed by atoms with Gasteiger partial charge in [-0.2, -0.15) is 0 Å². The summed E-state index contributed by atoms with van der Waals surface area (Å²) in [6.45, 7) is 1.78. The molecule has 0 amide bonds. The van der Waals surface area contributed by atoms with E-state index in [0.29, 0.717) is 11.5 Å². The standard InChI is InChI=1S/C15H19NO4S/c1-3-12-10-13(12)16-21(18,19)15-9-11(5-4-8-17)6-7-14(15)20-2/h6-7,9,12-13,16-17H,3,8,10H2,1-2H3. The smallest absolute Gasteiger partial charge is 0.244 e. The van der Waals surface area contributed by atoms with Crippen molar-refractivity contribution < 1.29 is 18.3 Å². The van der Waals surface area contributed by atoms with Crippen molar-refractivity contribution in [3.8, 4) is 17.6 Å². The molecule has 114 valence electrons. The molecular formula is C15H19NO4S. The molecule has 1 fully saturated rings. The van der Waals surface area contributed by atoms with E-state index in [1.807, 2.05) is 6.92 Å². The van der Waals surface area contributed by atoms with Crippen LogP contribution in [0.1, 0.15) is 25.3 Å². The first-order valence-electron chi connectivity index (χ1n) is 6.82. The molecule has 1 aromatic carbocycles. The average molecular weight is 309 g/mol. The van der Waals surface area contributed by atoms with Crippen LogP contribution in [-0.2, 0) is 10.0 Å². The zero-order valence-corrected chi connectivity index (χ0v) is 12.9. The van der Waals surface area contributed by atoms with E-state index in [1.165, 1.54) is 13.2 Å². The van der Waals surface area contributed by atoms with E-state index in [1.54, 1.807) is 12.1 Å². The molecule has 21 heavy (non-hydrogen) atoms. The lowest BCUT2D eigenvalue weighted by molar-refractivity contribution is 0.350. The van der Waals surface area contributed by atoms with E-state index in [9.17, 15) is 8.42 Å². The van der Waals surface area contributed by atoms with Gasteiger partial charge in [-0.15, -0.1) is 0 Å². The third kappa shape index (κ3) is 3.76. The Labute approximate surface area is 125 Å². The highest BCUT2D eigenvalue weighted by Crippen LogP contribution is 2.35. The number of benzene rings is 1. The van der Waals surface area contributed by atoms with Gasteiger partial charge < -0.3 is 9.84 Å². The Morgan fingerprint density at radius 2 is 2.24 bits per heavy atom. The van der Waals surface area contributed by atoms with Gasteiger partial charge in [0.1, 0.15) is 17.3 Å². The maximum atomic E-state index is 12.5. The second-order valence-corrected chi connectivity index (χ2v) is 6.64. The molecule has 1 aromatic rings. The molecule has 2 atom stereocenters. The van der Waals surface area contributed by atoms with Crippen molar-refractivity contribution in [2.45, 2.75) is 30.7 Å². The number of ether oxygens (including phenoxy) is 1. The van der Waals surface area contributed by atoms with Crippen LogP contribution < -0.4 is 9.46 Å². The maximum Gasteiger partial charge on any atom is 0.244 e. The zero-order chi connectivity index (χ0) is 15.5. The van der Waals surface area contributed by atoms with Gasteiger partial charge in [0.05, 0.1) is 7.11 Å². The van der Waals surface area contributed by atoms with Gasteiger partial charge in [-0.25, -0.2) is 13.1 Å². The van der Waals surface area contributed by atoms with Gasteiger partial charge in [-0.3, -0.25) is 0 Å². The van der Waals surface area contributed by atoms with E-state index in [2.05, 4.69) is 16.6 Å². The van der Waals surface area contributed by atoms with Gasteiger partial charge >= 0.3 is 0 Å². The van der Waals surface area contributed by atoms with Crippen LogP contribution >= 0.6 is 0 Å². The third-order valence-electron chi connectivity index (χ3n) is 3.52. The zero-order valence-electron chi connectivity index (χ0n) is 12.1. The Bertz CT molecular complexity index is 673. The minimum Gasteiger partial charge on any atom is -0.495 e. The van der Waals surface area contributed by atoms with E-state index in [-0.39, 0.29) is 23.3 Å². The Kier molecular flexibility index (Phi) is 4.88. The van der Waals surface area contributed by atoms with Crippen LogP contribution in [0, 0.1) is 17.8 Å². The summed E-state index contributed by atoms with van der Waals surface area (Å²) in [5.41, 5.74) is 0.521. The van der Waals surface area contributed by atoms with E-state index < -0.39 is 10.0 Å². The number of nitrogens with one attached hydrogen (secondary N) is 1. The number of hydrogen-bond acceptors (Lipinski definition) is 4. The largest absolute Gasteiger partial charge is 0.495 e. The number of rotatable bonds is 5. The highest BCUT2D eigenvalue weighted by atomic mass is 32.2. The van der Waals surface area contributed by atoms with Gasteiger partial charge in [0.25, 0.3) is 0 Å². The van der Waals surface area contributed by atoms with Gasteiger partial charge in [-0.05, 0) is 30.5 Å². The molecule has 0 aliphatic heterocycles. The molecular weight excluding hydrogens is 290 g/mol. The molecule has 0 spiro atoms. The lowest BCUT2D eigenvalue weighted by Crippen LogP contribution is -2.27. The predicted octanol–water partition coefficient (Wildman–Crippen LogP) is 1.12. The molecule has 5 nitrogen and oxygen atoms in total. The van der Waals surface area contributed by atoms with Crippen molar-refractivity contribution in [2.24, 2.45) is 5.92 Å². The van der Waals surface area contributed by atoms with Crippen molar-refractivity contribution in [3.05, 3.63) is 23.8 Å². The van der Waals surface area contributed by atoms with Crippen LogP contribution in [0.25, 0.3) is 0 Å². The topological polar surface area (TPSA) is 75.6 Å². The molecule has 2 unspecified atom stereocenters. The summed E-state index contributed by atoms with van der Waals surface area (Å²) >= 11 is 0.